The molecule has 2 aromatic carbocycles. The number of carbonyl (C=O) groups is 2. The topological polar surface area (TPSA) is 114 Å². The van der Waals surface area contributed by atoms with Gasteiger partial charge in [-0.2, -0.15) is 0 Å². The minimum absolute atomic E-state index is 0.0332. The number of carbonyl (C=O) groups excluding carboxylic acids is 2. The van der Waals surface area contributed by atoms with E-state index < -0.39 is 57.0 Å². The second kappa shape index (κ2) is 17.7. The van der Waals surface area contributed by atoms with Crippen LogP contribution in [-0.4, -0.2) is 64.1 Å². The zero-order valence-corrected chi connectivity index (χ0v) is 25.4. The number of amides is 2. The first-order valence-electron chi connectivity index (χ1n) is 14.1. The Morgan fingerprint density at radius 3 is 2.33 bits per heavy atom. The normalized spacial score (nSPS) is 13.6. The molecule has 0 aliphatic carbocycles. The van der Waals surface area contributed by atoms with E-state index in [1.54, 1.807) is 6.08 Å². The Hall–Kier alpha value is -3.15. The number of sulfone groups is 1. The highest BCUT2D eigenvalue weighted by Gasteiger charge is 2.30. The van der Waals surface area contributed by atoms with Gasteiger partial charge in [-0.3, -0.25) is 9.59 Å². The largest absolute Gasteiger partial charge is 0.375 e. The number of unbranched alkanes of at least 4 members (excludes halogenated alkanes) is 1. The summed E-state index contributed by atoms with van der Waals surface area (Å²) in [6.07, 6.45) is 3.63. The number of benzene rings is 2. The van der Waals surface area contributed by atoms with Crippen LogP contribution in [-0.2, 0) is 43.5 Å². The molecule has 42 heavy (non-hydrogen) atoms. The predicted molar refractivity (Wildman–Crippen MR) is 161 cm³/mol. The molecule has 0 aromatic heterocycles. The van der Waals surface area contributed by atoms with Crippen molar-refractivity contribution in [2.45, 2.75) is 58.2 Å². The number of aryl methyl sites for hydroxylation is 1. The van der Waals surface area contributed by atoms with Gasteiger partial charge >= 0.3 is 0 Å². The van der Waals surface area contributed by atoms with E-state index in [2.05, 4.69) is 35.5 Å². The molecule has 2 amide bonds. The van der Waals surface area contributed by atoms with Crippen LogP contribution in [0.2, 0.25) is 0 Å². The molecule has 232 valence electrons. The zero-order chi connectivity index (χ0) is 31.1. The Bertz CT molecular complexity index is 1270. The highest BCUT2D eigenvalue weighted by molar-refractivity contribution is 7.91. The van der Waals surface area contributed by atoms with E-state index in [1.165, 1.54) is 24.8 Å². The van der Waals surface area contributed by atoms with Crippen LogP contribution < -0.4 is 16.0 Å². The van der Waals surface area contributed by atoms with Crippen LogP contribution in [0.15, 0.2) is 55.1 Å². The summed E-state index contributed by atoms with van der Waals surface area (Å²) in [5.41, 5.74) is 2.57. The maximum Gasteiger partial charge on any atom is 0.246 e. The van der Waals surface area contributed by atoms with Crippen molar-refractivity contribution in [1.29, 1.82) is 0 Å². The van der Waals surface area contributed by atoms with Crippen molar-refractivity contribution in [3.05, 3.63) is 83.4 Å². The minimum Gasteiger partial charge on any atom is -0.375 e. The summed E-state index contributed by atoms with van der Waals surface area (Å²) in [4.78, 5) is 25.8. The van der Waals surface area contributed by atoms with Crippen LogP contribution in [0.3, 0.4) is 0 Å². The molecule has 2 rings (SSSR count). The summed E-state index contributed by atoms with van der Waals surface area (Å²) < 4.78 is 58.3. The number of rotatable bonds is 19. The van der Waals surface area contributed by atoms with Gasteiger partial charge in [0, 0.05) is 38.2 Å². The molecule has 0 aliphatic rings. The molecule has 0 spiro atoms. The first-order valence-corrected chi connectivity index (χ1v) is 16.0. The van der Waals surface area contributed by atoms with E-state index in [4.69, 9.17) is 4.74 Å². The molecule has 0 aliphatic heterocycles. The molecular weight excluding hydrogens is 564 g/mol. The van der Waals surface area contributed by atoms with E-state index in [-0.39, 0.29) is 18.8 Å². The molecular formula is C31H43F2N3O5S. The monoisotopic (exact) mass is 607 g/mol. The fourth-order valence-electron chi connectivity index (χ4n) is 4.56. The standard InChI is InChI=1S/C31H43F2N3O5S/c1-5-8-12-42(39,40)21-29(35-30(37)20-41-4)31(38)36-28(16-24-14-26(32)17-27(33)15-24)25(7-3)19-34-18-23-11-9-10-22(6-2)13-23/h7,9-11,13-15,17,25,28-29,34H,3,5-6,8,12,16,18-21H2,1-2,4H3,(H,35,37)(H,36,38)/t25?,28-,29+/m0/s1. The van der Waals surface area contributed by atoms with E-state index in [0.29, 0.717) is 31.5 Å². The molecule has 0 saturated heterocycles. The lowest BCUT2D eigenvalue weighted by Crippen LogP contribution is -2.55. The van der Waals surface area contributed by atoms with Crippen molar-refractivity contribution in [2.75, 3.05) is 31.8 Å². The smallest absolute Gasteiger partial charge is 0.246 e. The molecule has 2 aromatic rings. The third-order valence-electron chi connectivity index (χ3n) is 6.79. The lowest BCUT2D eigenvalue weighted by molar-refractivity contribution is -0.130. The van der Waals surface area contributed by atoms with Gasteiger partial charge in [-0.15, -0.1) is 6.58 Å². The van der Waals surface area contributed by atoms with E-state index in [9.17, 15) is 26.8 Å². The van der Waals surface area contributed by atoms with Gasteiger partial charge in [0.1, 0.15) is 24.3 Å². The summed E-state index contributed by atoms with van der Waals surface area (Å²) in [6, 6.07) is 9.11. The van der Waals surface area contributed by atoms with Crippen molar-refractivity contribution in [3.63, 3.8) is 0 Å². The van der Waals surface area contributed by atoms with Crippen molar-refractivity contribution >= 4 is 21.7 Å². The summed E-state index contributed by atoms with van der Waals surface area (Å²) in [5.74, 6) is -4.04. The average Bonchev–Trinajstić information content (AvgIpc) is 2.93. The van der Waals surface area contributed by atoms with Crippen molar-refractivity contribution in [2.24, 2.45) is 5.92 Å². The van der Waals surface area contributed by atoms with Crippen LogP contribution in [0.5, 0.6) is 0 Å². The number of methoxy groups -OCH3 is 1. The molecule has 0 bridgehead atoms. The van der Waals surface area contributed by atoms with Gasteiger partial charge in [-0.25, -0.2) is 17.2 Å². The molecule has 11 heteroatoms. The highest BCUT2D eigenvalue weighted by atomic mass is 32.2. The molecule has 0 fully saturated rings. The highest BCUT2D eigenvalue weighted by Crippen LogP contribution is 2.16. The molecule has 0 saturated carbocycles. The predicted octanol–water partition coefficient (Wildman–Crippen LogP) is 3.49. The SMILES string of the molecule is C=CC(CNCc1cccc(CC)c1)[C@H](Cc1cc(F)cc(F)c1)NC(=O)[C@@H](CS(=O)(=O)CCCC)NC(=O)COC. The van der Waals surface area contributed by atoms with Crippen molar-refractivity contribution in [1.82, 2.24) is 16.0 Å². The van der Waals surface area contributed by atoms with E-state index >= 15 is 0 Å². The van der Waals surface area contributed by atoms with Crippen LogP contribution >= 0.6 is 0 Å². The average molecular weight is 608 g/mol. The number of hydrogen-bond donors (Lipinski definition) is 3. The van der Waals surface area contributed by atoms with Gasteiger partial charge in [0.25, 0.3) is 0 Å². The van der Waals surface area contributed by atoms with E-state index in [0.717, 1.165) is 18.1 Å². The van der Waals surface area contributed by atoms with Gasteiger partial charge in [-0.1, -0.05) is 50.6 Å². The van der Waals surface area contributed by atoms with Gasteiger partial charge < -0.3 is 20.7 Å². The summed E-state index contributed by atoms with van der Waals surface area (Å²) >= 11 is 0. The maximum absolute atomic E-state index is 14.0. The Kier molecular flexibility index (Phi) is 14.8. The molecule has 0 heterocycles. The fraction of sp³-hybridized carbons (Fsp3) is 0.484. The number of ether oxygens (including phenoxy) is 1. The number of hydrogen-bond acceptors (Lipinski definition) is 6. The number of halogens is 2. The summed E-state index contributed by atoms with van der Waals surface area (Å²) in [7, 11) is -2.37. The lowest BCUT2D eigenvalue weighted by Gasteiger charge is -2.29. The molecule has 3 atom stereocenters. The lowest BCUT2D eigenvalue weighted by atomic mass is 9.92. The molecule has 8 nitrogen and oxygen atoms in total. The number of nitrogens with one attached hydrogen (secondary N) is 3. The van der Waals surface area contributed by atoms with Gasteiger partial charge in [0.05, 0.1) is 11.5 Å². The summed E-state index contributed by atoms with van der Waals surface area (Å²) in [6.45, 7) is 8.37. The fourth-order valence-corrected chi connectivity index (χ4v) is 6.20. The Balaban J connectivity index is 2.30. The Labute approximate surface area is 248 Å². The van der Waals surface area contributed by atoms with Gasteiger partial charge in [0.15, 0.2) is 9.84 Å². The quantitative estimate of drug-likeness (QED) is 0.211. The molecule has 0 radical (unpaired) electrons. The first kappa shape index (κ1) is 35.0. The van der Waals surface area contributed by atoms with Crippen LogP contribution in [0.4, 0.5) is 8.78 Å². The van der Waals surface area contributed by atoms with Crippen molar-refractivity contribution in [3.8, 4) is 0 Å². The van der Waals surface area contributed by atoms with Crippen LogP contribution in [0, 0.1) is 17.6 Å². The Morgan fingerprint density at radius 1 is 1.02 bits per heavy atom. The second-order valence-corrected chi connectivity index (χ2v) is 12.6. The second-order valence-electron chi connectivity index (χ2n) is 10.3. The molecule has 1 unspecified atom stereocenters. The first-order chi connectivity index (χ1) is 20.0. The Morgan fingerprint density at radius 2 is 1.71 bits per heavy atom. The maximum atomic E-state index is 14.0. The molecule has 3 N–H and O–H groups in total. The van der Waals surface area contributed by atoms with Gasteiger partial charge in [0.2, 0.25) is 11.8 Å². The minimum atomic E-state index is -3.68. The van der Waals surface area contributed by atoms with E-state index in [1.807, 2.05) is 25.1 Å². The zero-order valence-electron chi connectivity index (χ0n) is 24.6. The third-order valence-corrected chi connectivity index (χ3v) is 8.54. The van der Waals surface area contributed by atoms with Gasteiger partial charge in [-0.05, 0) is 48.1 Å². The van der Waals surface area contributed by atoms with Crippen LogP contribution in [0.25, 0.3) is 0 Å². The van der Waals surface area contributed by atoms with Crippen molar-refractivity contribution < 1.29 is 31.5 Å². The summed E-state index contributed by atoms with van der Waals surface area (Å²) in [5, 5.41) is 8.64. The van der Waals surface area contributed by atoms with Crippen LogP contribution in [0.1, 0.15) is 43.4 Å². The third kappa shape index (κ3) is 12.4.